The van der Waals surface area contributed by atoms with Crippen LogP contribution in [0, 0.1) is 0 Å². The van der Waals surface area contributed by atoms with Crippen LogP contribution in [0.4, 0.5) is 5.95 Å². The average molecular weight is 366 g/mol. The van der Waals surface area contributed by atoms with Gasteiger partial charge in [0, 0.05) is 44.7 Å². The summed E-state index contributed by atoms with van der Waals surface area (Å²) >= 11 is 0. The molecule has 1 saturated heterocycles. The van der Waals surface area contributed by atoms with E-state index in [1.165, 1.54) is 0 Å². The predicted molar refractivity (Wildman–Crippen MR) is 105 cm³/mol. The summed E-state index contributed by atoms with van der Waals surface area (Å²) in [6.45, 7) is 3.18. The number of aromatic nitrogens is 4. The summed E-state index contributed by atoms with van der Waals surface area (Å²) in [6.07, 6.45) is 6.31. The van der Waals surface area contributed by atoms with Crippen molar-refractivity contribution in [3.8, 4) is 0 Å². The lowest BCUT2D eigenvalue weighted by atomic mass is 10.2. The van der Waals surface area contributed by atoms with Gasteiger partial charge in [-0.1, -0.05) is 12.1 Å². The number of aryl methyl sites for hydroxylation is 1. The van der Waals surface area contributed by atoms with Crippen molar-refractivity contribution in [2.75, 3.05) is 25.5 Å². The van der Waals surface area contributed by atoms with Gasteiger partial charge in [-0.2, -0.15) is 0 Å². The SMILES string of the molecule is CN(Cc1cnc(NCC2CCCO2)nc1)Cc1nc2ccccc2n1C. The Bertz CT molecular complexity index is 885. The molecule has 1 atom stereocenters. The molecule has 3 heterocycles. The zero-order chi connectivity index (χ0) is 18.6. The molecule has 2 aromatic heterocycles. The third kappa shape index (κ3) is 4.26. The number of nitrogens with zero attached hydrogens (tertiary/aromatic N) is 5. The number of rotatable bonds is 7. The first-order chi connectivity index (χ1) is 13.2. The lowest BCUT2D eigenvalue weighted by Crippen LogP contribution is -2.21. The minimum absolute atomic E-state index is 0.285. The third-order valence-electron chi connectivity index (χ3n) is 4.96. The molecule has 1 N–H and O–H groups in total. The van der Waals surface area contributed by atoms with Crippen LogP contribution in [0.3, 0.4) is 0 Å². The largest absolute Gasteiger partial charge is 0.376 e. The van der Waals surface area contributed by atoms with Crippen molar-refractivity contribution in [3.05, 3.63) is 48.0 Å². The van der Waals surface area contributed by atoms with E-state index >= 15 is 0 Å². The number of imidazole rings is 1. The van der Waals surface area contributed by atoms with Crippen molar-refractivity contribution in [1.29, 1.82) is 0 Å². The maximum Gasteiger partial charge on any atom is 0.222 e. The second-order valence-electron chi connectivity index (χ2n) is 7.18. The Kier molecular flexibility index (Phi) is 5.31. The quantitative estimate of drug-likeness (QED) is 0.693. The van der Waals surface area contributed by atoms with Gasteiger partial charge in [0.2, 0.25) is 5.95 Å². The fourth-order valence-electron chi connectivity index (χ4n) is 3.48. The Morgan fingerprint density at radius 3 is 2.78 bits per heavy atom. The maximum absolute atomic E-state index is 5.61. The average Bonchev–Trinajstić information content (AvgIpc) is 3.30. The van der Waals surface area contributed by atoms with E-state index in [1.807, 2.05) is 24.5 Å². The first-order valence-electron chi connectivity index (χ1n) is 9.44. The Morgan fingerprint density at radius 1 is 1.22 bits per heavy atom. The highest BCUT2D eigenvalue weighted by Crippen LogP contribution is 2.16. The number of hydrogen-bond donors (Lipinski definition) is 1. The molecule has 0 radical (unpaired) electrons. The van der Waals surface area contributed by atoms with Crippen molar-refractivity contribution >= 4 is 17.0 Å². The molecule has 0 aliphatic carbocycles. The van der Waals surface area contributed by atoms with Crippen molar-refractivity contribution < 1.29 is 4.74 Å². The monoisotopic (exact) mass is 366 g/mol. The number of benzene rings is 1. The smallest absolute Gasteiger partial charge is 0.222 e. The van der Waals surface area contributed by atoms with Crippen LogP contribution >= 0.6 is 0 Å². The highest BCUT2D eigenvalue weighted by molar-refractivity contribution is 5.75. The van der Waals surface area contributed by atoms with Crippen LogP contribution in [0.5, 0.6) is 0 Å². The van der Waals surface area contributed by atoms with Gasteiger partial charge in [-0.25, -0.2) is 15.0 Å². The van der Waals surface area contributed by atoms with Crippen LogP contribution in [-0.4, -0.2) is 50.7 Å². The van der Waals surface area contributed by atoms with Gasteiger partial charge in [-0.15, -0.1) is 0 Å². The Hall–Kier alpha value is -2.51. The van der Waals surface area contributed by atoms with E-state index in [0.29, 0.717) is 5.95 Å². The van der Waals surface area contributed by atoms with Gasteiger partial charge in [0.25, 0.3) is 0 Å². The van der Waals surface area contributed by atoms with E-state index in [0.717, 1.165) is 61.5 Å². The van der Waals surface area contributed by atoms with Crippen LogP contribution in [0.15, 0.2) is 36.7 Å². The third-order valence-corrected chi connectivity index (χ3v) is 4.96. The minimum atomic E-state index is 0.285. The van der Waals surface area contributed by atoms with Gasteiger partial charge in [-0.05, 0) is 32.0 Å². The lowest BCUT2D eigenvalue weighted by molar-refractivity contribution is 0.120. The summed E-state index contributed by atoms with van der Waals surface area (Å²) in [4.78, 5) is 15.8. The molecule has 0 bridgehead atoms. The molecule has 1 aliphatic heterocycles. The normalized spacial score (nSPS) is 17.1. The van der Waals surface area contributed by atoms with Crippen LogP contribution in [0.25, 0.3) is 11.0 Å². The Balaban J connectivity index is 1.33. The molecule has 1 aliphatic rings. The maximum atomic E-state index is 5.61. The molecule has 3 aromatic rings. The minimum Gasteiger partial charge on any atom is -0.376 e. The van der Waals surface area contributed by atoms with Crippen molar-refractivity contribution in [3.63, 3.8) is 0 Å². The van der Waals surface area contributed by atoms with Gasteiger partial charge in [0.15, 0.2) is 0 Å². The molecular formula is C20H26N6O. The lowest BCUT2D eigenvalue weighted by Gasteiger charge is -2.16. The molecule has 1 aromatic carbocycles. The first-order valence-corrected chi connectivity index (χ1v) is 9.44. The summed E-state index contributed by atoms with van der Waals surface area (Å²) in [5, 5.41) is 3.26. The van der Waals surface area contributed by atoms with Gasteiger partial charge < -0.3 is 14.6 Å². The Labute approximate surface area is 159 Å². The summed E-state index contributed by atoms with van der Waals surface area (Å²) in [6, 6.07) is 8.22. The van der Waals surface area contributed by atoms with Crippen LogP contribution < -0.4 is 5.32 Å². The van der Waals surface area contributed by atoms with Gasteiger partial charge in [0.1, 0.15) is 5.82 Å². The fourth-order valence-corrected chi connectivity index (χ4v) is 3.48. The van der Waals surface area contributed by atoms with Crippen LogP contribution in [0.1, 0.15) is 24.2 Å². The summed E-state index contributed by atoms with van der Waals surface area (Å²) < 4.78 is 7.76. The van der Waals surface area contributed by atoms with E-state index in [-0.39, 0.29) is 6.10 Å². The second-order valence-corrected chi connectivity index (χ2v) is 7.18. The highest BCUT2D eigenvalue weighted by atomic mass is 16.5. The molecule has 0 spiro atoms. The van der Waals surface area contributed by atoms with E-state index in [2.05, 4.69) is 51.0 Å². The molecule has 142 valence electrons. The number of anilines is 1. The number of nitrogens with one attached hydrogen (secondary N) is 1. The van der Waals surface area contributed by atoms with E-state index in [1.54, 1.807) is 0 Å². The summed E-state index contributed by atoms with van der Waals surface area (Å²) in [5.74, 6) is 1.71. The summed E-state index contributed by atoms with van der Waals surface area (Å²) in [7, 11) is 4.15. The number of para-hydroxylation sites is 2. The van der Waals surface area contributed by atoms with Crippen molar-refractivity contribution in [2.45, 2.75) is 32.0 Å². The van der Waals surface area contributed by atoms with Crippen LogP contribution in [-0.2, 0) is 24.9 Å². The van der Waals surface area contributed by atoms with Gasteiger partial charge >= 0.3 is 0 Å². The van der Waals surface area contributed by atoms with E-state index < -0.39 is 0 Å². The van der Waals surface area contributed by atoms with Crippen LogP contribution in [0.2, 0.25) is 0 Å². The number of fused-ring (bicyclic) bond motifs is 1. The fraction of sp³-hybridized carbons (Fsp3) is 0.450. The van der Waals surface area contributed by atoms with Crippen molar-refractivity contribution in [1.82, 2.24) is 24.4 Å². The number of ether oxygens (including phenoxy) is 1. The molecule has 0 amide bonds. The van der Waals surface area contributed by atoms with Crippen molar-refractivity contribution in [2.24, 2.45) is 7.05 Å². The predicted octanol–water partition coefficient (Wildman–Crippen LogP) is 2.59. The van der Waals surface area contributed by atoms with Gasteiger partial charge in [-0.3, -0.25) is 4.90 Å². The zero-order valence-electron chi connectivity index (χ0n) is 15.9. The summed E-state index contributed by atoms with van der Waals surface area (Å²) in [5.41, 5.74) is 3.28. The van der Waals surface area contributed by atoms with E-state index in [9.17, 15) is 0 Å². The molecule has 4 rings (SSSR count). The molecule has 1 unspecified atom stereocenters. The molecule has 27 heavy (non-hydrogen) atoms. The highest BCUT2D eigenvalue weighted by Gasteiger charge is 2.15. The van der Waals surface area contributed by atoms with E-state index in [4.69, 9.17) is 9.72 Å². The molecule has 7 heteroatoms. The molecular weight excluding hydrogens is 340 g/mol. The standard InChI is InChI=1S/C20H26N6O/c1-25(14-19-24-17-7-3-4-8-18(17)26(19)2)13-15-10-21-20(22-11-15)23-12-16-6-5-9-27-16/h3-4,7-8,10-11,16H,5-6,9,12-14H2,1-2H3,(H,21,22,23). The second kappa shape index (κ2) is 8.02. The molecule has 1 fully saturated rings. The van der Waals surface area contributed by atoms with Gasteiger partial charge in [0.05, 0.1) is 23.7 Å². The molecule has 7 nitrogen and oxygen atoms in total. The Morgan fingerprint density at radius 2 is 2.04 bits per heavy atom. The first kappa shape index (κ1) is 17.9. The molecule has 0 saturated carbocycles. The number of hydrogen-bond acceptors (Lipinski definition) is 6. The zero-order valence-corrected chi connectivity index (χ0v) is 15.9. The topological polar surface area (TPSA) is 68.1 Å².